The molecular weight excluding hydrogens is 146 g/mol. The van der Waals surface area contributed by atoms with Gasteiger partial charge in [-0.3, -0.25) is 0 Å². The lowest BCUT2D eigenvalue weighted by Crippen LogP contribution is -2.16. The molecule has 1 aliphatic heterocycles. The molecule has 1 heterocycles. The second-order valence-electron chi connectivity index (χ2n) is 4.26. The summed E-state index contributed by atoms with van der Waals surface area (Å²) in [6.07, 6.45) is 8.55. The zero-order valence-corrected chi connectivity index (χ0v) is 8.60. The summed E-state index contributed by atoms with van der Waals surface area (Å²) in [7, 11) is 0. The molecule has 1 heteroatoms. The monoisotopic (exact) mass is 169 g/mol. The number of hydrogen-bond donors (Lipinski definition) is 1. The molecule has 1 aliphatic rings. The Balaban J connectivity index is 1.93. The van der Waals surface area contributed by atoms with Gasteiger partial charge in [0.15, 0.2) is 0 Å². The van der Waals surface area contributed by atoms with E-state index in [1.54, 1.807) is 0 Å². The standard InChI is InChI=1S/C11H23N/c1-3-4-5-6-7-11-8-10(2)12-9-11/h10-12H,3-9H2,1-2H3. The average Bonchev–Trinajstić information content (AvgIpc) is 2.45. The number of nitrogens with one attached hydrogen (secondary N) is 1. The fourth-order valence-corrected chi connectivity index (χ4v) is 2.11. The summed E-state index contributed by atoms with van der Waals surface area (Å²) in [6.45, 7) is 5.85. The topological polar surface area (TPSA) is 12.0 Å². The van der Waals surface area contributed by atoms with E-state index in [0.717, 1.165) is 12.0 Å². The largest absolute Gasteiger partial charge is 0.314 e. The summed E-state index contributed by atoms with van der Waals surface area (Å²) in [4.78, 5) is 0. The van der Waals surface area contributed by atoms with Gasteiger partial charge in [0.25, 0.3) is 0 Å². The first-order valence-corrected chi connectivity index (χ1v) is 5.56. The lowest BCUT2D eigenvalue weighted by molar-refractivity contribution is 0.482. The van der Waals surface area contributed by atoms with Gasteiger partial charge in [-0.1, -0.05) is 32.6 Å². The molecule has 2 unspecified atom stereocenters. The lowest BCUT2D eigenvalue weighted by Gasteiger charge is -2.06. The lowest BCUT2D eigenvalue weighted by atomic mass is 9.98. The molecule has 12 heavy (non-hydrogen) atoms. The van der Waals surface area contributed by atoms with E-state index in [1.165, 1.54) is 45.1 Å². The Kier molecular flexibility index (Phi) is 4.67. The molecule has 0 aliphatic carbocycles. The first-order chi connectivity index (χ1) is 5.83. The van der Waals surface area contributed by atoms with Gasteiger partial charge < -0.3 is 5.32 Å². The average molecular weight is 169 g/mol. The second kappa shape index (κ2) is 5.58. The summed E-state index contributed by atoms with van der Waals surface area (Å²) in [6, 6.07) is 0.779. The van der Waals surface area contributed by atoms with Crippen LogP contribution in [0.1, 0.15) is 52.4 Å². The highest BCUT2D eigenvalue weighted by molar-refractivity contribution is 4.77. The van der Waals surface area contributed by atoms with Gasteiger partial charge >= 0.3 is 0 Å². The van der Waals surface area contributed by atoms with E-state index in [2.05, 4.69) is 19.2 Å². The molecule has 2 atom stereocenters. The third kappa shape index (κ3) is 3.57. The van der Waals surface area contributed by atoms with Gasteiger partial charge in [-0.2, -0.15) is 0 Å². The molecule has 1 saturated heterocycles. The van der Waals surface area contributed by atoms with E-state index < -0.39 is 0 Å². The van der Waals surface area contributed by atoms with E-state index in [9.17, 15) is 0 Å². The predicted octanol–water partition coefficient (Wildman–Crippen LogP) is 2.95. The van der Waals surface area contributed by atoms with Crippen molar-refractivity contribution in [2.75, 3.05) is 6.54 Å². The predicted molar refractivity (Wildman–Crippen MR) is 54.3 cm³/mol. The van der Waals surface area contributed by atoms with Crippen molar-refractivity contribution in [2.24, 2.45) is 5.92 Å². The Morgan fingerprint density at radius 2 is 2.08 bits per heavy atom. The zero-order chi connectivity index (χ0) is 8.81. The Bertz CT molecular complexity index is 112. The van der Waals surface area contributed by atoms with Gasteiger partial charge in [0.05, 0.1) is 0 Å². The SMILES string of the molecule is CCCCCCC1CNC(C)C1. The van der Waals surface area contributed by atoms with Crippen LogP contribution in [0.2, 0.25) is 0 Å². The van der Waals surface area contributed by atoms with Gasteiger partial charge in [-0.25, -0.2) is 0 Å². The highest BCUT2D eigenvalue weighted by atomic mass is 14.9. The van der Waals surface area contributed by atoms with Crippen molar-refractivity contribution >= 4 is 0 Å². The zero-order valence-electron chi connectivity index (χ0n) is 8.60. The van der Waals surface area contributed by atoms with Crippen LogP contribution < -0.4 is 5.32 Å². The van der Waals surface area contributed by atoms with Gasteiger partial charge in [0, 0.05) is 6.04 Å². The van der Waals surface area contributed by atoms with Crippen LogP contribution in [0, 0.1) is 5.92 Å². The van der Waals surface area contributed by atoms with Gasteiger partial charge in [0.1, 0.15) is 0 Å². The van der Waals surface area contributed by atoms with E-state index in [1.807, 2.05) is 0 Å². The minimum absolute atomic E-state index is 0.779. The smallest absolute Gasteiger partial charge is 0.00419 e. The molecule has 72 valence electrons. The van der Waals surface area contributed by atoms with E-state index >= 15 is 0 Å². The summed E-state index contributed by atoms with van der Waals surface area (Å²) < 4.78 is 0. The van der Waals surface area contributed by atoms with E-state index in [0.29, 0.717) is 0 Å². The molecule has 0 saturated carbocycles. The van der Waals surface area contributed by atoms with E-state index in [4.69, 9.17) is 0 Å². The number of unbranched alkanes of at least 4 members (excludes halogenated alkanes) is 3. The van der Waals surface area contributed by atoms with Crippen molar-refractivity contribution in [1.82, 2.24) is 5.32 Å². The first-order valence-electron chi connectivity index (χ1n) is 5.56. The van der Waals surface area contributed by atoms with Crippen LogP contribution in [-0.2, 0) is 0 Å². The summed E-state index contributed by atoms with van der Waals surface area (Å²) in [5.74, 6) is 0.983. The maximum absolute atomic E-state index is 3.51. The molecule has 1 rings (SSSR count). The molecule has 0 amide bonds. The summed E-state index contributed by atoms with van der Waals surface area (Å²) >= 11 is 0. The molecule has 0 aromatic carbocycles. The molecule has 1 fully saturated rings. The van der Waals surface area contributed by atoms with Crippen LogP contribution in [0.25, 0.3) is 0 Å². The van der Waals surface area contributed by atoms with Crippen molar-refractivity contribution in [1.29, 1.82) is 0 Å². The number of rotatable bonds is 5. The molecular formula is C11H23N. The minimum atomic E-state index is 0.779. The highest BCUT2D eigenvalue weighted by Gasteiger charge is 2.19. The van der Waals surface area contributed by atoms with Gasteiger partial charge in [-0.15, -0.1) is 0 Å². The highest BCUT2D eigenvalue weighted by Crippen LogP contribution is 2.20. The molecule has 0 bridgehead atoms. The van der Waals surface area contributed by atoms with Crippen LogP contribution in [0.15, 0.2) is 0 Å². The Labute approximate surface area is 76.9 Å². The summed E-state index contributed by atoms with van der Waals surface area (Å²) in [5.41, 5.74) is 0. The Morgan fingerprint density at radius 1 is 1.25 bits per heavy atom. The Morgan fingerprint density at radius 3 is 2.67 bits per heavy atom. The van der Waals surface area contributed by atoms with E-state index in [-0.39, 0.29) is 0 Å². The quantitative estimate of drug-likeness (QED) is 0.624. The maximum Gasteiger partial charge on any atom is 0.00419 e. The molecule has 0 aromatic rings. The van der Waals surface area contributed by atoms with Crippen LogP contribution in [0.5, 0.6) is 0 Å². The fraction of sp³-hybridized carbons (Fsp3) is 1.00. The van der Waals surface area contributed by atoms with Crippen molar-refractivity contribution in [3.63, 3.8) is 0 Å². The third-order valence-electron chi connectivity index (χ3n) is 2.91. The van der Waals surface area contributed by atoms with Crippen LogP contribution in [0.4, 0.5) is 0 Å². The van der Waals surface area contributed by atoms with Gasteiger partial charge in [0.2, 0.25) is 0 Å². The maximum atomic E-state index is 3.51. The third-order valence-corrected chi connectivity index (χ3v) is 2.91. The van der Waals surface area contributed by atoms with Crippen molar-refractivity contribution in [2.45, 2.75) is 58.4 Å². The van der Waals surface area contributed by atoms with Crippen molar-refractivity contribution in [3.8, 4) is 0 Å². The van der Waals surface area contributed by atoms with Crippen LogP contribution in [0.3, 0.4) is 0 Å². The van der Waals surface area contributed by atoms with Crippen LogP contribution >= 0.6 is 0 Å². The normalized spacial score (nSPS) is 29.5. The molecule has 1 nitrogen and oxygen atoms in total. The number of hydrogen-bond acceptors (Lipinski definition) is 1. The second-order valence-corrected chi connectivity index (χ2v) is 4.26. The first kappa shape index (κ1) is 10.0. The minimum Gasteiger partial charge on any atom is -0.314 e. The Hall–Kier alpha value is -0.0400. The van der Waals surface area contributed by atoms with Gasteiger partial charge in [-0.05, 0) is 32.2 Å². The molecule has 0 aromatic heterocycles. The molecule has 0 spiro atoms. The summed E-state index contributed by atoms with van der Waals surface area (Å²) in [5, 5.41) is 3.51. The van der Waals surface area contributed by atoms with Crippen molar-refractivity contribution < 1.29 is 0 Å². The van der Waals surface area contributed by atoms with Crippen LogP contribution in [-0.4, -0.2) is 12.6 Å². The molecule has 1 N–H and O–H groups in total. The molecule has 0 radical (unpaired) electrons. The van der Waals surface area contributed by atoms with Crippen molar-refractivity contribution in [3.05, 3.63) is 0 Å². The fourth-order valence-electron chi connectivity index (χ4n) is 2.11.